The van der Waals surface area contributed by atoms with Crippen LogP contribution in [0.25, 0.3) is 27.4 Å². The number of carbonyl (C=O) groups is 1. The Morgan fingerprint density at radius 1 is 1.09 bits per heavy atom. The van der Waals surface area contributed by atoms with Crippen LogP contribution in [0.3, 0.4) is 0 Å². The molecule has 166 valence electrons. The molecule has 2 heterocycles. The first-order valence-corrected chi connectivity index (χ1v) is 10.3. The van der Waals surface area contributed by atoms with E-state index in [1.54, 1.807) is 36.4 Å². The van der Waals surface area contributed by atoms with Crippen LogP contribution in [-0.4, -0.2) is 36.2 Å². The predicted octanol–water partition coefficient (Wildman–Crippen LogP) is 3.78. The number of tetrazole rings is 1. The van der Waals surface area contributed by atoms with Gasteiger partial charge in [0.25, 0.3) is 5.91 Å². The van der Waals surface area contributed by atoms with E-state index in [1.165, 1.54) is 6.20 Å². The molecule has 0 radical (unpaired) electrons. The van der Waals surface area contributed by atoms with Gasteiger partial charge in [0.1, 0.15) is 17.4 Å². The molecule has 5 rings (SSSR count). The van der Waals surface area contributed by atoms with E-state index in [9.17, 15) is 15.2 Å². The lowest BCUT2D eigenvalue weighted by Crippen LogP contribution is -2.13. The number of carbonyl (C=O) groups excluding carboxylic acids is 1. The number of hydrogen-bond donors (Lipinski definition) is 4. The van der Waals surface area contributed by atoms with E-state index in [0.29, 0.717) is 11.4 Å². The summed E-state index contributed by atoms with van der Waals surface area (Å²) >= 11 is 0. The fraction of sp³-hybridized carbons (Fsp3) is 0.0417. The van der Waals surface area contributed by atoms with Crippen molar-refractivity contribution in [2.75, 3.05) is 10.6 Å². The number of hydrogen-bond acceptors (Lipinski definition) is 7. The summed E-state index contributed by atoms with van der Waals surface area (Å²) in [6, 6.07) is 20.2. The number of aryl methyl sites for hydroxylation is 1. The van der Waals surface area contributed by atoms with E-state index in [-0.39, 0.29) is 22.7 Å². The maximum atomic E-state index is 13.1. The molecule has 1 amide bonds. The van der Waals surface area contributed by atoms with E-state index in [0.717, 1.165) is 21.8 Å². The zero-order valence-corrected chi connectivity index (χ0v) is 17.9. The second-order valence-corrected chi connectivity index (χ2v) is 7.51. The third-order valence-corrected chi connectivity index (χ3v) is 5.53. The highest BCUT2D eigenvalue weighted by molar-refractivity contribution is 6.14. The summed E-state index contributed by atoms with van der Waals surface area (Å²) < 4.78 is 1.98. The lowest BCUT2D eigenvalue weighted by Gasteiger charge is -2.12. The van der Waals surface area contributed by atoms with Crippen LogP contribution in [-0.2, 0) is 7.05 Å². The number of benzene rings is 3. The van der Waals surface area contributed by atoms with Crippen molar-refractivity contribution < 1.29 is 9.90 Å². The molecule has 0 saturated carbocycles. The summed E-state index contributed by atoms with van der Waals surface area (Å²) in [5.74, 6) is -0.445. The first-order valence-electron chi connectivity index (χ1n) is 10.3. The molecular weight excluding hydrogens is 432 g/mol. The molecule has 0 unspecified atom stereocenters. The average molecular weight is 450 g/mol. The molecule has 0 aliphatic carbocycles. The molecule has 0 bridgehead atoms. The van der Waals surface area contributed by atoms with Crippen molar-refractivity contribution >= 4 is 44.7 Å². The third-order valence-electron chi connectivity index (χ3n) is 5.53. The quantitative estimate of drug-likeness (QED) is 0.298. The topological polar surface area (TPSA) is 145 Å². The molecule has 4 N–H and O–H groups in total. The number of phenolic OH excluding ortho intramolecular Hbond substituents is 1. The molecular formula is C24H18N8O2. The van der Waals surface area contributed by atoms with Crippen molar-refractivity contribution in [3.8, 4) is 11.8 Å². The molecule has 3 aromatic carbocycles. The van der Waals surface area contributed by atoms with E-state index in [2.05, 4.69) is 31.3 Å². The lowest BCUT2D eigenvalue weighted by atomic mass is 10.1. The summed E-state index contributed by atoms with van der Waals surface area (Å²) in [4.78, 5) is 13.1. The summed E-state index contributed by atoms with van der Waals surface area (Å²) in [7, 11) is 1.92. The van der Waals surface area contributed by atoms with Crippen molar-refractivity contribution in [1.29, 1.82) is 5.26 Å². The number of nitrogens with zero attached hydrogens (tertiary/aromatic N) is 5. The van der Waals surface area contributed by atoms with E-state index < -0.39 is 5.91 Å². The number of fused-ring (bicyclic) bond motifs is 3. The maximum absolute atomic E-state index is 13.1. The normalized spacial score (nSPS) is 11.5. The van der Waals surface area contributed by atoms with E-state index >= 15 is 0 Å². The Balaban J connectivity index is 1.47. The van der Waals surface area contributed by atoms with Crippen LogP contribution in [0, 0.1) is 11.3 Å². The maximum Gasteiger partial charge on any atom is 0.259 e. The molecule has 0 aliphatic rings. The molecule has 10 heteroatoms. The van der Waals surface area contributed by atoms with Gasteiger partial charge in [0, 0.05) is 35.6 Å². The SMILES string of the molecule is Cn1c2ccccc2c2cc(C(=O)Nc3ccccc3NC=C(C#N)c3nn[nH]n3)c(O)cc21. The van der Waals surface area contributed by atoms with Gasteiger partial charge in [0.15, 0.2) is 0 Å². The number of rotatable bonds is 5. The molecule has 0 fully saturated rings. The summed E-state index contributed by atoms with van der Waals surface area (Å²) in [5, 5.41) is 41.0. The minimum atomic E-state index is -0.468. The highest BCUT2D eigenvalue weighted by atomic mass is 16.3. The van der Waals surface area contributed by atoms with E-state index in [4.69, 9.17) is 0 Å². The number of H-pyrrole nitrogens is 1. The van der Waals surface area contributed by atoms with Crippen LogP contribution in [0.1, 0.15) is 16.2 Å². The standard InChI is InChI=1S/C24H18N8O2/c1-32-20-9-5-2-6-15(20)16-10-17(22(33)11-21(16)32)24(34)27-19-8-4-3-7-18(19)26-13-14(12-25)23-28-30-31-29-23/h2-11,13,26,33H,1H3,(H,27,34)(H,28,29,30,31). The second-order valence-electron chi connectivity index (χ2n) is 7.51. The van der Waals surface area contributed by atoms with Gasteiger partial charge < -0.3 is 20.3 Å². The fourth-order valence-electron chi connectivity index (χ4n) is 3.86. The third kappa shape index (κ3) is 3.57. The van der Waals surface area contributed by atoms with E-state index in [1.807, 2.05) is 41.9 Å². The van der Waals surface area contributed by atoms with Gasteiger partial charge in [-0.2, -0.15) is 10.5 Å². The molecule has 10 nitrogen and oxygen atoms in total. The number of nitriles is 1. The number of anilines is 2. The average Bonchev–Trinajstić information content (AvgIpc) is 3.48. The molecule has 0 spiro atoms. The zero-order chi connectivity index (χ0) is 23.7. The van der Waals surface area contributed by atoms with Gasteiger partial charge in [-0.1, -0.05) is 30.3 Å². The number of para-hydroxylation sites is 3. The molecule has 0 atom stereocenters. The van der Waals surface area contributed by atoms with Crippen LogP contribution in [0.5, 0.6) is 5.75 Å². The Bertz CT molecular complexity index is 1610. The van der Waals surface area contributed by atoms with Gasteiger partial charge in [0.2, 0.25) is 5.82 Å². The van der Waals surface area contributed by atoms with Gasteiger partial charge in [0.05, 0.1) is 22.5 Å². The predicted molar refractivity (Wildman–Crippen MR) is 128 cm³/mol. The summed E-state index contributed by atoms with van der Waals surface area (Å²) in [5.41, 5.74) is 3.15. The molecule has 0 aliphatic heterocycles. The second kappa shape index (κ2) is 8.40. The Kier molecular flexibility index (Phi) is 5.12. The first kappa shape index (κ1) is 20.7. The first-order chi connectivity index (χ1) is 16.6. The van der Waals surface area contributed by atoms with Crippen LogP contribution in [0.2, 0.25) is 0 Å². The highest BCUT2D eigenvalue weighted by Gasteiger charge is 2.17. The molecule has 5 aromatic rings. The molecule has 0 saturated heterocycles. The van der Waals surface area contributed by atoms with Gasteiger partial charge in [-0.25, -0.2) is 0 Å². The zero-order valence-electron chi connectivity index (χ0n) is 17.9. The van der Waals surface area contributed by atoms with Crippen molar-refractivity contribution in [1.82, 2.24) is 25.2 Å². The van der Waals surface area contributed by atoms with Crippen LogP contribution in [0.4, 0.5) is 11.4 Å². The van der Waals surface area contributed by atoms with Gasteiger partial charge in [-0.3, -0.25) is 4.79 Å². The summed E-state index contributed by atoms with van der Waals surface area (Å²) in [6.45, 7) is 0. The lowest BCUT2D eigenvalue weighted by molar-refractivity contribution is 0.102. The Labute approximate surface area is 193 Å². The van der Waals surface area contributed by atoms with Gasteiger partial charge in [-0.15, -0.1) is 10.2 Å². The number of aromatic hydroxyl groups is 1. The minimum Gasteiger partial charge on any atom is -0.507 e. The Morgan fingerprint density at radius 2 is 1.85 bits per heavy atom. The molecule has 34 heavy (non-hydrogen) atoms. The number of phenols is 1. The highest BCUT2D eigenvalue weighted by Crippen LogP contribution is 2.33. The van der Waals surface area contributed by atoms with Crippen molar-refractivity contribution in [3.63, 3.8) is 0 Å². The van der Waals surface area contributed by atoms with Crippen molar-refractivity contribution in [3.05, 3.63) is 78.3 Å². The molecule has 2 aromatic heterocycles. The number of amides is 1. The number of nitrogens with one attached hydrogen (secondary N) is 3. The number of aromatic amines is 1. The van der Waals surface area contributed by atoms with Crippen molar-refractivity contribution in [2.24, 2.45) is 7.05 Å². The largest absolute Gasteiger partial charge is 0.507 e. The smallest absolute Gasteiger partial charge is 0.259 e. The fourth-order valence-corrected chi connectivity index (χ4v) is 3.86. The van der Waals surface area contributed by atoms with Crippen LogP contribution >= 0.6 is 0 Å². The number of allylic oxidation sites excluding steroid dienone is 1. The Hall–Kier alpha value is -5.17. The summed E-state index contributed by atoms with van der Waals surface area (Å²) in [6.07, 6.45) is 1.43. The van der Waals surface area contributed by atoms with Crippen LogP contribution in [0.15, 0.2) is 66.9 Å². The van der Waals surface area contributed by atoms with Crippen molar-refractivity contribution in [2.45, 2.75) is 0 Å². The van der Waals surface area contributed by atoms with Gasteiger partial charge >= 0.3 is 0 Å². The monoisotopic (exact) mass is 450 g/mol. The van der Waals surface area contributed by atoms with Crippen LogP contribution < -0.4 is 10.6 Å². The Morgan fingerprint density at radius 3 is 2.62 bits per heavy atom. The number of aromatic nitrogens is 5. The minimum absolute atomic E-state index is 0.120. The van der Waals surface area contributed by atoms with Gasteiger partial charge in [-0.05, 0) is 29.5 Å².